The van der Waals surface area contributed by atoms with Crippen molar-refractivity contribution in [2.45, 2.75) is 51.1 Å². The molecule has 3 aromatic carbocycles. The van der Waals surface area contributed by atoms with Gasteiger partial charge in [0, 0.05) is 11.4 Å². The molecule has 0 aliphatic heterocycles. The summed E-state index contributed by atoms with van der Waals surface area (Å²) in [5, 5.41) is 5.33. The van der Waals surface area contributed by atoms with Gasteiger partial charge in [-0.3, -0.25) is 14.4 Å². The van der Waals surface area contributed by atoms with Crippen LogP contribution in [-0.4, -0.2) is 43.0 Å². The Labute approximate surface area is 247 Å². The third-order valence-electron chi connectivity index (χ3n) is 6.41. The molecule has 0 bridgehead atoms. The average Bonchev–Trinajstić information content (AvgIpc) is 2.95. The first-order valence-electron chi connectivity index (χ1n) is 13.2. The van der Waals surface area contributed by atoms with Crippen LogP contribution in [-0.2, 0) is 20.8 Å². The zero-order chi connectivity index (χ0) is 30.9. The van der Waals surface area contributed by atoms with Crippen molar-refractivity contribution in [1.29, 1.82) is 0 Å². The normalized spacial score (nSPS) is 13.5. The molecule has 0 heterocycles. The first-order chi connectivity index (χ1) is 19.9. The van der Waals surface area contributed by atoms with E-state index >= 15 is 0 Å². The molecule has 3 aromatic rings. The molecule has 0 fully saturated rings. The summed E-state index contributed by atoms with van der Waals surface area (Å²) in [6.07, 6.45) is -6.19. The van der Waals surface area contributed by atoms with Crippen LogP contribution in [0.5, 0.6) is 11.5 Å². The van der Waals surface area contributed by atoms with Crippen LogP contribution in [0.25, 0.3) is 0 Å². The standard InChI is InChI=1S/C31H32ClF3N2O5/c1-19(2)28(29(39)31(33,34)35)37-30(40)25(17-20-7-5-4-6-8-20)36-27(38)18-26(21-9-11-22(32)12-10-21)42-24-15-13-23(41-3)14-16-24/h4-16,19,25-26,28H,17-18H2,1-3H3,(H,36,38)(H,37,40). The van der Waals surface area contributed by atoms with E-state index in [9.17, 15) is 27.6 Å². The molecule has 42 heavy (non-hydrogen) atoms. The second-order valence-electron chi connectivity index (χ2n) is 9.94. The Kier molecular flexibility index (Phi) is 11.4. The molecule has 3 atom stereocenters. The van der Waals surface area contributed by atoms with Gasteiger partial charge in [-0.2, -0.15) is 13.2 Å². The molecule has 0 aromatic heterocycles. The number of methoxy groups -OCH3 is 1. The SMILES string of the molecule is COc1ccc(OC(CC(=O)NC(Cc2ccccc2)C(=O)NC(C(=O)C(F)(F)F)C(C)C)c2ccc(Cl)cc2)cc1. The number of ketones is 1. The molecule has 224 valence electrons. The smallest absolute Gasteiger partial charge is 0.452 e. The Morgan fingerprint density at radius 2 is 1.45 bits per heavy atom. The van der Waals surface area contributed by atoms with Gasteiger partial charge in [-0.15, -0.1) is 0 Å². The minimum absolute atomic E-state index is 0.0195. The van der Waals surface area contributed by atoms with Crippen LogP contribution in [0.15, 0.2) is 78.9 Å². The number of Topliss-reactive ketones (excluding diaryl/α,β-unsaturated/α-hetero) is 1. The Hall–Kier alpha value is -4.05. The molecule has 11 heteroatoms. The molecule has 7 nitrogen and oxygen atoms in total. The average molecular weight is 605 g/mol. The fourth-order valence-electron chi connectivity index (χ4n) is 4.17. The number of ether oxygens (including phenoxy) is 2. The second kappa shape index (κ2) is 14.7. The molecule has 0 saturated carbocycles. The lowest BCUT2D eigenvalue weighted by Gasteiger charge is -2.26. The van der Waals surface area contributed by atoms with Crippen molar-refractivity contribution in [3.8, 4) is 11.5 Å². The van der Waals surface area contributed by atoms with Gasteiger partial charge in [-0.05, 0) is 53.4 Å². The molecular formula is C31H32ClF3N2O5. The van der Waals surface area contributed by atoms with Crippen LogP contribution >= 0.6 is 11.6 Å². The first kappa shape index (κ1) is 32.5. The summed E-state index contributed by atoms with van der Waals surface area (Å²) in [5.41, 5.74) is 1.29. The molecule has 0 radical (unpaired) electrons. The van der Waals surface area contributed by atoms with Crippen molar-refractivity contribution in [3.05, 3.63) is 95.0 Å². The fraction of sp³-hybridized carbons (Fsp3) is 0.323. The number of benzene rings is 3. The Bertz CT molecular complexity index is 1330. The number of carbonyl (C=O) groups is 3. The maximum absolute atomic E-state index is 13.3. The Morgan fingerprint density at radius 3 is 2.00 bits per heavy atom. The van der Waals surface area contributed by atoms with Crippen molar-refractivity contribution < 1.29 is 37.0 Å². The number of rotatable bonds is 13. The van der Waals surface area contributed by atoms with Crippen LogP contribution in [0.3, 0.4) is 0 Å². The summed E-state index contributed by atoms with van der Waals surface area (Å²) in [6.45, 7) is 2.79. The fourth-order valence-corrected chi connectivity index (χ4v) is 4.30. The van der Waals surface area contributed by atoms with Gasteiger partial charge in [0.05, 0.1) is 19.6 Å². The lowest BCUT2D eigenvalue weighted by atomic mass is 9.97. The van der Waals surface area contributed by atoms with E-state index in [2.05, 4.69) is 10.6 Å². The first-order valence-corrected chi connectivity index (χ1v) is 13.6. The number of amides is 2. The quantitative estimate of drug-likeness (QED) is 0.255. The largest absolute Gasteiger partial charge is 0.497 e. The van der Waals surface area contributed by atoms with E-state index < -0.39 is 47.9 Å². The third kappa shape index (κ3) is 9.51. The monoisotopic (exact) mass is 604 g/mol. The minimum atomic E-state index is -5.13. The molecular weight excluding hydrogens is 573 g/mol. The highest BCUT2D eigenvalue weighted by Crippen LogP contribution is 2.28. The molecule has 2 amide bonds. The highest BCUT2D eigenvalue weighted by Gasteiger charge is 2.45. The van der Waals surface area contributed by atoms with E-state index in [0.29, 0.717) is 27.6 Å². The zero-order valence-electron chi connectivity index (χ0n) is 23.3. The summed E-state index contributed by atoms with van der Waals surface area (Å²) >= 11 is 6.04. The maximum Gasteiger partial charge on any atom is 0.452 e. The summed E-state index contributed by atoms with van der Waals surface area (Å²) in [5.74, 6) is -3.35. The van der Waals surface area contributed by atoms with Gasteiger partial charge in [-0.25, -0.2) is 0 Å². The number of nitrogens with one attached hydrogen (secondary N) is 2. The van der Waals surface area contributed by atoms with Gasteiger partial charge >= 0.3 is 6.18 Å². The van der Waals surface area contributed by atoms with Crippen molar-refractivity contribution in [1.82, 2.24) is 10.6 Å². The van der Waals surface area contributed by atoms with E-state index in [1.54, 1.807) is 78.9 Å². The van der Waals surface area contributed by atoms with Gasteiger partial charge in [0.2, 0.25) is 11.8 Å². The van der Waals surface area contributed by atoms with Gasteiger partial charge < -0.3 is 20.1 Å². The molecule has 3 unspecified atom stereocenters. The highest BCUT2D eigenvalue weighted by molar-refractivity contribution is 6.30. The van der Waals surface area contributed by atoms with E-state index in [-0.39, 0.29) is 12.8 Å². The lowest BCUT2D eigenvalue weighted by molar-refractivity contribution is -0.175. The van der Waals surface area contributed by atoms with Crippen LogP contribution in [0, 0.1) is 5.92 Å². The van der Waals surface area contributed by atoms with Crippen molar-refractivity contribution in [2.75, 3.05) is 7.11 Å². The van der Waals surface area contributed by atoms with E-state index in [1.165, 1.54) is 21.0 Å². The summed E-state index contributed by atoms with van der Waals surface area (Å²) in [6, 6.07) is 19.0. The summed E-state index contributed by atoms with van der Waals surface area (Å²) < 4.78 is 50.9. The number of hydrogen-bond acceptors (Lipinski definition) is 5. The topological polar surface area (TPSA) is 93.7 Å². The van der Waals surface area contributed by atoms with Crippen molar-refractivity contribution in [3.63, 3.8) is 0 Å². The predicted molar refractivity (Wildman–Crippen MR) is 152 cm³/mol. The minimum Gasteiger partial charge on any atom is -0.497 e. The predicted octanol–water partition coefficient (Wildman–Crippen LogP) is 5.86. The molecule has 2 N–H and O–H groups in total. The molecule has 0 aliphatic carbocycles. The number of halogens is 4. The van der Waals surface area contributed by atoms with E-state index in [4.69, 9.17) is 21.1 Å². The van der Waals surface area contributed by atoms with E-state index in [0.717, 1.165) is 0 Å². The summed E-state index contributed by atoms with van der Waals surface area (Å²) in [4.78, 5) is 38.6. The second-order valence-corrected chi connectivity index (χ2v) is 10.4. The third-order valence-corrected chi connectivity index (χ3v) is 6.66. The number of alkyl halides is 3. The zero-order valence-corrected chi connectivity index (χ0v) is 24.0. The Balaban J connectivity index is 1.84. The van der Waals surface area contributed by atoms with Crippen LogP contribution in [0.1, 0.15) is 37.5 Å². The highest BCUT2D eigenvalue weighted by atomic mass is 35.5. The summed E-state index contributed by atoms with van der Waals surface area (Å²) in [7, 11) is 1.53. The lowest BCUT2D eigenvalue weighted by Crippen LogP contribution is -2.56. The van der Waals surface area contributed by atoms with Crippen molar-refractivity contribution >= 4 is 29.2 Å². The number of hydrogen-bond donors (Lipinski definition) is 2. The molecule has 0 aliphatic rings. The van der Waals surface area contributed by atoms with Crippen LogP contribution < -0.4 is 20.1 Å². The van der Waals surface area contributed by atoms with Crippen LogP contribution in [0.4, 0.5) is 13.2 Å². The molecule has 0 saturated heterocycles. The van der Waals surface area contributed by atoms with Crippen molar-refractivity contribution in [2.24, 2.45) is 5.92 Å². The Morgan fingerprint density at radius 1 is 0.857 bits per heavy atom. The van der Waals surface area contributed by atoms with Gasteiger partial charge in [0.1, 0.15) is 23.6 Å². The van der Waals surface area contributed by atoms with Gasteiger partial charge in [0.25, 0.3) is 5.78 Å². The molecule has 3 rings (SSSR count). The van der Waals surface area contributed by atoms with E-state index in [1.807, 2.05) is 0 Å². The maximum atomic E-state index is 13.3. The molecule has 0 spiro atoms. The van der Waals surface area contributed by atoms with Gasteiger partial charge in [0.15, 0.2) is 0 Å². The van der Waals surface area contributed by atoms with Gasteiger partial charge in [-0.1, -0.05) is 67.9 Å². The number of carbonyl (C=O) groups excluding carboxylic acids is 3. The van der Waals surface area contributed by atoms with Crippen LogP contribution in [0.2, 0.25) is 5.02 Å².